The van der Waals surface area contributed by atoms with Gasteiger partial charge in [-0.1, -0.05) is 6.92 Å². The topological polar surface area (TPSA) is 59.1 Å². The second-order valence-corrected chi connectivity index (χ2v) is 9.18. The van der Waals surface area contributed by atoms with E-state index in [0.29, 0.717) is 31.9 Å². The number of rotatable bonds is 8. The van der Waals surface area contributed by atoms with Gasteiger partial charge in [0.2, 0.25) is 11.8 Å². The Morgan fingerprint density at radius 1 is 1.28 bits per heavy atom. The van der Waals surface area contributed by atoms with E-state index in [1.165, 1.54) is 17.0 Å². The van der Waals surface area contributed by atoms with Crippen molar-refractivity contribution in [2.24, 2.45) is 0 Å². The van der Waals surface area contributed by atoms with Crippen LogP contribution in [-0.2, 0) is 20.7 Å². The molecule has 0 spiro atoms. The van der Waals surface area contributed by atoms with Gasteiger partial charge in [-0.05, 0) is 60.5 Å². The number of benzene rings is 1. The van der Waals surface area contributed by atoms with Gasteiger partial charge >= 0.3 is 0 Å². The van der Waals surface area contributed by atoms with Crippen molar-refractivity contribution < 1.29 is 23.5 Å². The van der Waals surface area contributed by atoms with Crippen LogP contribution >= 0.6 is 11.3 Å². The molecule has 1 saturated heterocycles. The molecular weight excluding hydrogens is 431 g/mol. The fourth-order valence-electron chi connectivity index (χ4n) is 4.35. The number of nitrogens with zero attached hydrogens (tertiary/aromatic N) is 2. The molecule has 0 bridgehead atoms. The minimum Gasteiger partial charge on any atom is -0.491 e. The van der Waals surface area contributed by atoms with Crippen molar-refractivity contribution in [2.45, 2.75) is 44.8 Å². The quantitative estimate of drug-likeness (QED) is 0.601. The first-order valence-electron chi connectivity index (χ1n) is 11.2. The van der Waals surface area contributed by atoms with Crippen LogP contribution in [0.2, 0.25) is 0 Å². The van der Waals surface area contributed by atoms with Crippen LogP contribution in [0.1, 0.15) is 42.7 Å². The lowest BCUT2D eigenvalue weighted by Crippen LogP contribution is -2.49. The number of carbonyl (C=O) groups excluding carboxylic acids is 2. The van der Waals surface area contributed by atoms with Crippen molar-refractivity contribution in [3.63, 3.8) is 0 Å². The molecule has 1 aromatic heterocycles. The van der Waals surface area contributed by atoms with Gasteiger partial charge in [-0.25, -0.2) is 4.39 Å². The van der Waals surface area contributed by atoms with E-state index in [1.807, 2.05) is 23.3 Å². The van der Waals surface area contributed by atoms with Gasteiger partial charge < -0.3 is 19.3 Å². The molecule has 6 nitrogen and oxygen atoms in total. The van der Waals surface area contributed by atoms with E-state index in [9.17, 15) is 14.0 Å². The number of hydrogen-bond donors (Lipinski definition) is 0. The third kappa shape index (κ3) is 5.30. The van der Waals surface area contributed by atoms with Crippen molar-refractivity contribution >= 4 is 23.2 Å². The summed E-state index contributed by atoms with van der Waals surface area (Å²) >= 11 is 1.69. The molecule has 1 fully saturated rings. The Labute approximate surface area is 191 Å². The van der Waals surface area contributed by atoms with Gasteiger partial charge in [-0.15, -0.1) is 11.3 Å². The maximum absolute atomic E-state index is 13.4. The smallest absolute Gasteiger partial charge is 0.242 e. The first-order valence-corrected chi connectivity index (χ1v) is 12.1. The number of amides is 2. The van der Waals surface area contributed by atoms with Gasteiger partial charge in [0.05, 0.1) is 18.7 Å². The number of ether oxygens (including phenoxy) is 2. The van der Waals surface area contributed by atoms with Crippen LogP contribution in [0.4, 0.5) is 4.39 Å². The van der Waals surface area contributed by atoms with Gasteiger partial charge in [0.25, 0.3) is 0 Å². The number of thiophene rings is 1. The van der Waals surface area contributed by atoms with Gasteiger partial charge in [0.1, 0.15) is 18.2 Å². The highest BCUT2D eigenvalue weighted by atomic mass is 32.1. The van der Waals surface area contributed by atoms with Gasteiger partial charge in [-0.2, -0.15) is 0 Å². The van der Waals surface area contributed by atoms with Crippen molar-refractivity contribution in [1.82, 2.24) is 9.80 Å². The summed E-state index contributed by atoms with van der Waals surface area (Å²) in [4.78, 5) is 30.6. The molecule has 8 heteroatoms. The Morgan fingerprint density at radius 3 is 2.81 bits per heavy atom. The Kier molecular flexibility index (Phi) is 7.42. The summed E-state index contributed by atoms with van der Waals surface area (Å²) in [5.41, 5.74) is 1.09. The summed E-state index contributed by atoms with van der Waals surface area (Å²) < 4.78 is 24.8. The Morgan fingerprint density at radius 2 is 2.09 bits per heavy atom. The zero-order valence-electron chi connectivity index (χ0n) is 18.3. The lowest BCUT2D eigenvalue weighted by Gasteiger charge is -2.37. The van der Waals surface area contributed by atoms with Crippen LogP contribution in [0.15, 0.2) is 35.7 Å². The zero-order chi connectivity index (χ0) is 22.5. The summed E-state index contributed by atoms with van der Waals surface area (Å²) in [7, 11) is 0. The monoisotopic (exact) mass is 460 g/mol. The lowest BCUT2D eigenvalue weighted by atomic mass is 10.0. The van der Waals surface area contributed by atoms with Crippen molar-refractivity contribution in [3.05, 3.63) is 52.0 Å². The molecule has 2 atom stereocenters. The van der Waals surface area contributed by atoms with E-state index in [4.69, 9.17) is 9.47 Å². The third-order valence-electron chi connectivity index (χ3n) is 6.07. The van der Waals surface area contributed by atoms with Crippen LogP contribution in [0.25, 0.3) is 0 Å². The molecule has 4 rings (SSSR count). The molecule has 32 heavy (non-hydrogen) atoms. The van der Waals surface area contributed by atoms with Gasteiger partial charge in [0, 0.05) is 31.0 Å². The molecule has 0 N–H and O–H groups in total. The average molecular weight is 461 g/mol. The van der Waals surface area contributed by atoms with E-state index < -0.39 is 0 Å². The predicted molar refractivity (Wildman–Crippen MR) is 120 cm³/mol. The number of halogens is 1. The summed E-state index contributed by atoms with van der Waals surface area (Å²) in [5.74, 6) is 0.108. The SMILES string of the molecule is CCC(=O)N(CC(=O)N1CCc2sccc2[C@@H]1COc1ccc(F)cc1)C[C@@H]1CCCO1. The first kappa shape index (κ1) is 22.7. The molecule has 0 aliphatic carbocycles. The molecule has 3 heterocycles. The molecule has 2 aliphatic heterocycles. The fraction of sp³-hybridized carbons (Fsp3) is 0.500. The summed E-state index contributed by atoms with van der Waals surface area (Å²) in [6.45, 7) is 3.87. The van der Waals surface area contributed by atoms with Crippen LogP contribution < -0.4 is 4.74 Å². The van der Waals surface area contributed by atoms with Crippen LogP contribution in [0.5, 0.6) is 5.75 Å². The summed E-state index contributed by atoms with van der Waals surface area (Å²) in [6.07, 6.45) is 3.05. The van der Waals surface area contributed by atoms with Gasteiger partial charge in [-0.3, -0.25) is 9.59 Å². The van der Waals surface area contributed by atoms with Crippen LogP contribution in [0.3, 0.4) is 0 Å². The molecule has 172 valence electrons. The summed E-state index contributed by atoms with van der Waals surface area (Å²) in [6, 6.07) is 7.68. The molecule has 2 aliphatic rings. The third-order valence-corrected chi connectivity index (χ3v) is 7.06. The van der Waals surface area contributed by atoms with E-state index >= 15 is 0 Å². The average Bonchev–Trinajstić information content (AvgIpc) is 3.49. The van der Waals surface area contributed by atoms with E-state index in [1.54, 1.807) is 28.4 Å². The standard InChI is InChI=1S/C24H29FN2O4S/c1-2-23(28)26(14-19-4-3-12-30-19)15-24(29)27-11-9-22-20(10-13-32-22)21(27)16-31-18-7-5-17(25)6-8-18/h5-8,10,13,19,21H,2-4,9,11-12,14-16H2,1H3/t19-,21-/m0/s1. The number of hydrogen-bond acceptors (Lipinski definition) is 5. The highest BCUT2D eigenvalue weighted by molar-refractivity contribution is 7.10. The molecule has 1 aromatic carbocycles. The fourth-order valence-corrected chi connectivity index (χ4v) is 5.28. The van der Waals surface area contributed by atoms with Crippen LogP contribution in [0, 0.1) is 5.82 Å². The molecule has 2 amide bonds. The first-order chi connectivity index (χ1) is 15.5. The molecule has 0 radical (unpaired) electrons. The predicted octanol–water partition coefficient (Wildman–Crippen LogP) is 3.81. The molecule has 2 aromatic rings. The second-order valence-electron chi connectivity index (χ2n) is 8.18. The number of carbonyl (C=O) groups is 2. The van der Waals surface area contributed by atoms with E-state index in [2.05, 4.69) is 0 Å². The largest absolute Gasteiger partial charge is 0.491 e. The minimum atomic E-state index is -0.320. The maximum Gasteiger partial charge on any atom is 0.242 e. The highest BCUT2D eigenvalue weighted by Gasteiger charge is 2.34. The molecular formula is C24H29FN2O4S. The van der Waals surface area contributed by atoms with Crippen LogP contribution in [-0.4, -0.2) is 60.6 Å². The Balaban J connectivity index is 1.47. The second kappa shape index (κ2) is 10.4. The minimum absolute atomic E-state index is 0.000684. The maximum atomic E-state index is 13.4. The lowest BCUT2D eigenvalue weighted by molar-refractivity contribution is -0.143. The summed E-state index contributed by atoms with van der Waals surface area (Å²) in [5, 5.41) is 2.04. The van der Waals surface area contributed by atoms with Crippen molar-refractivity contribution in [3.8, 4) is 5.75 Å². The van der Waals surface area contributed by atoms with E-state index in [0.717, 1.165) is 24.8 Å². The Hall–Kier alpha value is -2.45. The zero-order valence-corrected chi connectivity index (χ0v) is 19.1. The van der Waals surface area contributed by atoms with Crippen molar-refractivity contribution in [2.75, 3.05) is 32.8 Å². The Bertz CT molecular complexity index is 926. The number of fused-ring (bicyclic) bond motifs is 1. The molecule has 0 unspecified atom stereocenters. The molecule has 0 saturated carbocycles. The van der Waals surface area contributed by atoms with Crippen molar-refractivity contribution in [1.29, 1.82) is 0 Å². The van der Waals surface area contributed by atoms with Gasteiger partial charge in [0.15, 0.2) is 0 Å². The normalized spacial score (nSPS) is 20.1. The van der Waals surface area contributed by atoms with E-state index in [-0.39, 0.29) is 42.9 Å². The highest BCUT2D eigenvalue weighted by Crippen LogP contribution is 2.34.